The number of hydrogen-bond acceptors (Lipinski definition) is 3. The van der Waals surface area contributed by atoms with Gasteiger partial charge in [0.2, 0.25) is 0 Å². The van der Waals surface area contributed by atoms with Crippen molar-refractivity contribution in [1.82, 2.24) is 0 Å². The Kier molecular flexibility index (Phi) is 8.77. The first-order chi connectivity index (χ1) is 7.93. The molecule has 0 spiro atoms. The first kappa shape index (κ1) is 13.9. The molecule has 3 nitrogen and oxygen atoms in total. The second-order valence-electron chi connectivity index (χ2n) is 4.58. The van der Waals surface area contributed by atoms with E-state index >= 15 is 0 Å². The lowest BCUT2D eigenvalue weighted by Crippen LogP contribution is -2.22. The summed E-state index contributed by atoms with van der Waals surface area (Å²) in [7, 11) is 0. The molecule has 1 saturated heterocycles. The van der Waals surface area contributed by atoms with Crippen LogP contribution in [0.5, 0.6) is 0 Å². The second-order valence-corrected chi connectivity index (χ2v) is 4.58. The molecular weight excluding hydrogens is 202 g/mol. The molecule has 0 aromatic rings. The van der Waals surface area contributed by atoms with E-state index in [2.05, 4.69) is 0 Å². The second kappa shape index (κ2) is 10.1. The molecule has 96 valence electrons. The predicted molar refractivity (Wildman–Crippen MR) is 66.3 cm³/mol. The lowest BCUT2D eigenvalue weighted by molar-refractivity contribution is -0.162. The summed E-state index contributed by atoms with van der Waals surface area (Å²) in [4.78, 5) is 0. The predicted octanol–water partition coefficient (Wildman–Crippen LogP) is 2.83. The van der Waals surface area contributed by atoms with Crippen LogP contribution >= 0.6 is 0 Å². The fourth-order valence-corrected chi connectivity index (χ4v) is 2.01. The Hall–Kier alpha value is -0.120. The van der Waals surface area contributed by atoms with Crippen molar-refractivity contribution in [2.75, 3.05) is 19.8 Å². The molecule has 1 aliphatic heterocycles. The van der Waals surface area contributed by atoms with Crippen molar-refractivity contribution in [3.8, 4) is 0 Å². The van der Waals surface area contributed by atoms with Crippen LogP contribution in [0.3, 0.4) is 0 Å². The lowest BCUT2D eigenvalue weighted by atomic mass is 10.1. The number of hydrogen-bond donors (Lipinski definition) is 1. The zero-order chi connectivity index (χ0) is 11.5. The number of unbranched alkanes of at least 4 members (excludes halogenated alkanes) is 5. The van der Waals surface area contributed by atoms with Crippen molar-refractivity contribution < 1.29 is 9.47 Å². The van der Waals surface area contributed by atoms with Gasteiger partial charge in [-0.3, -0.25) is 0 Å². The molecule has 0 saturated carbocycles. The van der Waals surface area contributed by atoms with Crippen LogP contribution in [-0.2, 0) is 9.47 Å². The van der Waals surface area contributed by atoms with E-state index in [-0.39, 0.29) is 6.29 Å². The third-order valence-electron chi connectivity index (χ3n) is 3.04. The highest BCUT2D eigenvalue weighted by Gasteiger charge is 2.12. The molecule has 1 rings (SSSR count). The molecule has 2 N–H and O–H groups in total. The first-order valence-corrected chi connectivity index (χ1v) is 6.87. The third-order valence-corrected chi connectivity index (χ3v) is 3.04. The van der Waals surface area contributed by atoms with Crippen molar-refractivity contribution in [1.29, 1.82) is 0 Å². The number of ether oxygens (including phenoxy) is 2. The first-order valence-electron chi connectivity index (χ1n) is 6.87. The minimum atomic E-state index is 0.0889. The fourth-order valence-electron chi connectivity index (χ4n) is 2.01. The highest BCUT2D eigenvalue weighted by molar-refractivity contribution is 4.54. The topological polar surface area (TPSA) is 44.5 Å². The maximum atomic E-state index is 5.67. The molecule has 0 aromatic carbocycles. The minimum absolute atomic E-state index is 0.0889. The average Bonchev–Trinajstić information content (AvgIpc) is 2.34. The highest BCUT2D eigenvalue weighted by atomic mass is 16.7. The van der Waals surface area contributed by atoms with Gasteiger partial charge in [0.25, 0.3) is 0 Å². The van der Waals surface area contributed by atoms with Gasteiger partial charge < -0.3 is 15.2 Å². The maximum absolute atomic E-state index is 5.67. The van der Waals surface area contributed by atoms with E-state index < -0.39 is 0 Å². The SMILES string of the molecule is NCCCCCCCCOC1CCCCO1. The average molecular weight is 229 g/mol. The van der Waals surface area contributed by atoms with E-state index in [1.807, 2.05) is 0 Å². The summed E-state index contributed by atoms with van der Waals surface area (Å²) in [5.41, 5.74) is 5.44. The van der Waals surface area contributed by atoms with Crippen molar-refractivity contribution in [3.63, 3.8) is 0 Å². The molecule has 1 heterocycles. The zero-order valence-electron chi connectivity index (χ0n) is 10.5. The van der Waals surface area contributed by atoms with Crippen molar-refractivity contribution in [2.24, 2.45) is 5.73 Å². The summed E-state index contributed by atoms with van der Waals surface area (Å²) in [5, 5.41) is 0. The molecule has 3 heteroatoms. The van der Waals surface area contributed by atoms with Crippen molar-refractivity contribution in [3.05, 3.63) is 0 Å². The van der Waals surface area contributed by atoms with Gasteiger partial charge in [-0.2, -0.15) is 0 Å². The van der Waals surface area contributed by atoms with Crippen LogP contribution in [0.15, 0.2) is 0 Å². The van der Waals surface area contributed by atoms with Gasteiger partial charge in [0, 0.05) is 13.2 Å². The minimum Gasteiger partial charge on any atom is -0.353 e. The van der Waals surface area contributed by atoms with Gasteiger partial charge in [-0.1, -0.05) is 25.7 Å². The third kappa shape index (κ3) is 7.20. The molecule has 0 radical (unpaired) electrons. The Morgan fingerprint density at radius 3 is 2.44 bits per heavy atom. The Morgan fingerprint density at radius 2 is 1.75 bits per heavy atom. The van der Waals surface area contributed by atoms with Gasteiger partial charge in [0.1, 0.15) is 0 Å². The summed E-state index contributed by atoms with van der Waals surface area (Å²) in [5.74, 6) is 0. The number of rotatable bonds is 9. The largest absolute Gasteiger partial charge is 0.353 e. The number of nitrogens with two attached hydrogens (primary N) is 1. The van der Waals surface area contributed by atoms with E-state index in [9.17, 15) is 0 Å². The van der Waals surface area contributed by atoms with E-state index in [1.165, 1.54) is 51.4 Å². The molecule has 0 amide bonds. The van der Waals surface area contributed by atoms with Crippen molar-refractivity contribution >= 4 is 0 Å². The Labute approximate surface area is 99.7 Å². The molecule has 16 heavy (non-hydrogen) atoms. The fraction of sp³-hybridized carbons (Fsp3) is 1.00. The van der Waals surface area contributed by atoms with Crippen LogP contribution in [0, 0.1) is 0 Å². The molecule has 1 fully saturated rings. The van der Waals surface area contributed by atoms with Gasteiger partial charge in [-0.25, -0.2) is 0 Å². The Morgan fingerprint density at radius 1 is 1.00 bits per heavy atom. The van der Waals surface area contributed by atoms with Crippen molar-refractivity contribution in [2.45, 2.75) is 64.1 Å². The van der Waals surface area contributed by atoms with E-state index in [1.54, 1.807) is 0 Å². The van der Waals surface area contributed by atoms with Crippen LogP contribution in [0.1, 0.15) is 57.8 Å². The summed E-state index contributed by atoms with van der Waals surface area (Å²) in [6.07, 6.45) is 11.1. The van der Waals surface area contributed by atoms with E-state index in [0.717, 1.165) is 26.2 Å². The molecule has 1 aliphatic rings. The van der Waals surface area contributed by atoms with E-state index in [0.29, 0.717) is 0 Å². The molecule has 0 aliphatic carbocycles. The van der Waals surface area contributed by atoms with Crippen LogP contribution < -0.4 is 5.73 Å². The van der Waals surface area contributed by atoms with Gasteiger partial charge >= 0.3 is 0 Å². The quantitative estimate of drug-likeness (QED) is 0.618. The van der Waals surface area contributed by atoms with Gasteiger partial charge in [-0.05, 0) is 38.6 Å². The summed E-state index contributed by atoms with van der Waals surface area (Å²) < 4.78 is 11.2. The van der Waals surface area contributed by atoms with E-state index in [4.69, 9.17) is 15.2 Å². The van der Waals surface area contributed by atoms with Crippen LogP contribution in [0.4, 0.5) is 0 Å². The molecule has 0 aromatic heterocycles. The maximum Gasteiger partial charge on any atom is 0.157 e. The standard InChI is InChI=1S/C13H27NO2/c14-10-6-3-1-2-4-7-11-15-13-9-5-8-12-16-13/h13H,1-12,14H2. The van der Waals surface area contributed by atoms with Crippen LogP contribution in [0.2, 0.25) is 0 Å². The zero-order valence-corrected chi connectivity index (χ0v) is 10.5. The molecule has 0 bridgehead atoms. The van der Waals surface area contributed by atoms with Crippen LogP contribution in [-0.4, -0.2) is 26.0 Å². The molecule has 1 atom stereocenters. The Bertz CT molecular complexity index is 147. The monoisotopic (exact) mass is 229 g/mol. The molecular formula is C13H27NO2. The summed E-state index contributed by atoms with van der Waals surface area (Å²) in [6, 6.07) is 0. The summed E-state index contributed by atoms with van der Waals surface area (Å²) in [6.45, 7) is 2.58. The smallest absolute Gasteiger partial charge is 0.157 e. The normalized spacial score (nSPS) is 21.2. The Balaban J connectivity index is 1.77. The highest BCUT2D eigenvalue weighted by Crippen LogP contribution is 2.14. The van der Waals surface area contributed by atoms with Crippen LogP contribution in [0.25, 0.3) is 0 Å². The van der Waals surface area contributed by atoms with Gasteiger partial charge in [-0.15, -0.1) is 0 Å². The van der Waals surface area contributed by atoms with Gasteiger partial charge in [0.05, 0.1) is 0 Å². The molecule has 1 unspecified atom stereocenters. The lowest BCUT2D eigenvalue weighted by Gasteiger charge is -2.22. The van der Waals surface area contributed by atoms with Gasteiger partial charge in [0.15, 0.2) is 6.29 Å². The summed E-state index contributed by atoms with van der Waals surface area (Å²) >= 11 is 0.